The second-order valence-corrected chi connectivity index (χ2v) is 3.16. The van der Waals surface area contributed by atoms with E-state index in [1.54, 1.807) is 7.11 Å². The summed E-state index contributed by atoms with van der Waals surface area (Å²) in [4.78, 5) is 3.94. The van der Waals surface area contributed by atoms with Crippen molar-refractivity contribution in [3.8, 4) is 17.1 Å². The lowest BCUT2D eigenvalue weighted by Gasteiger charge is -2.05. The number of aryl methyl sites for hydroxylation is 1. The lowest BCUT2D eigenvalue weighted by atomic mass is 10.1. The molecule has 0 aliphatic heterocycles. The fourth-order valence-corrected chi connectivity index (χ4v) is 1.33. The Kier molecular flexibility index (Phi) is 2.29. The molecule has 78 valence electrons. The van der Waals surface area contributed by atoms with Crippen LogP contribution in [0.4, 0.5) is 6.01 Å². The second-order valence-electron chi connectivity index (χ2n) is 3.16. The third kappa shape index (κ3) is 1.76. The van der Waals surface area contributed by atoms with E-state index in [1.807, 2.05) is 25.1 Å². The number of aromatic nitrogens is 2. The number of methoxy groups -OCH3 is 1. The Bertz CT molecular complexity index is 479. The maximum Gasteiger partial charge on any atom is 0.319 e. The molecule has 0 atom stereocenters. The highest BCUT2D eigenvalue weighted by Gasteiger charge is 2.11. The summed E-state index contributed by atoms with van der Waals surface area (Å²) >= 11 is 0. The highest BCUT2D eigenvalue weighted by molar-refractivity contribution is 5.64. The van der Waals surface area contributed by atoms with E-state index in [0.717, 1.165) is 11.1 Å². The zero-order valence-corrected chi connectivity index (χ0v) is 8.52. The van der Waals surface area contributed by atoms with Crippen molar-refractivity contribution in [2.24, 2.45) is 0 Å². The fourth-order valence-electron chi connectivity index (χ4n) is 1.33. The number of nitrogens with two attached hydrogens (primary N) is 1. The zero-order chi connectivity index (χ0) is 10.8. The van der Waals surface area contributed by atoms with Gasteiger partial charge in [0.2, 0.25) is 5.82 Å². The molecule has 0 aliphatic rings. The first-order chi connectivity index (χ1) is 7.20. The van der Waals surface area contributed by atoms with Crippen molar-refractivity contribution < 1.29 is 9.26 Å². The molecule has 1 heterocycles. The van der Waals surface area contributed by atoms with Crippen LogP contribution < -0.4 is 10.5 Å². The van der Waals surface area contributed by atoms with Gasteiger partial charge in [0.1, 0.15) is 5.75 Å². The van der Waals surface area contributed by atoms with Crippen LogP contribution in [-0.4, -0.2) is 17.3 Å². The minimum Gasteiger partial charge on any atom is -0.496 e. The molecule has 0 bridgehead atoms. The number of hydrogen-bond donors (Lipinski definition) is 1. The maximum atomic E-state index is 5.36. The van der Waals surface area contributed by atoms with Gasteiger partial charge in [0, 0.05) is 0 Å². The summed E-state index contributed by atoms with van der Waals surface area (Å²) in [5.41, 5.74) is 7.23. The van der Waals surface area contributed by atoms with Crippen LogP contribution in [0, 0.1) is 6.92 Å². The lowest BCUT2D eigenvalue weighted by molar-refractivity contribution is 0.413. The molecular weight excluding hydrogens is 194 g/mol. The van der Waals surface area contributed by atoms with Crippen molar-refractivity contribution in [1.82, 2.24) is 10.1 Å². The number of benzene rings is 1. The first kappa shape index (κ1) is 9.51. The van der Waals surface area contributed by atoms with Gasteiger partial charge < -0.3 is 15.0 Å². The van der Waals surface area contributed by atoms with Crippen LogP contribution in [0.1, 0.15) is 5.56 Å². The second kappa shape index (κ2) is 3.61. The Morgan fingerprint density at radius 1 is 1.40 bits per heavy atom. The first-order valence-corrected chi connectivity index (χ1v) is 4.45. The predicted octanol–water partition coefficient (Wildman–Crippen LogP) is 1.64. The van der Waals surface area contributed by atoms with E-state index in [9.17, 15) is 0 Å². The molecule has 2 N–H and O–H groups in total. The lowest BCUT2D eigenvalue weighted by Crippen LogP contribution is -1.90. The van der Waals surface area contributed by atoms with Crippen molar-refractivity contribution >= 4 is 6.01 Å². The maximum absolute atomic E-state index is 5.36. The molecule has 2 aromatic rings. The first-order valence-electron chi connectivity index (χ1n) is 4.45. The van der Waals surface area contributed by atoms with E-state index in [0.29, 0.717) is 11.6 Å². The molecule has 1 aromatic carbocycles. The zero-order valence-electron chi connectivity index (χ0n) is 8.52. The average molecular weight is 205 g/mol. The highest BCUT2D eigenvalue weighted by Crippen LogP contribution is 2.28. The Morgan fingerprint density at radius 2 is 2.20 bits per heavy atom. The van der Waals surface area contributed by atoms with Crippen LogP contribution in [0.25, 0.3) is 11.4 Å². The third-order valence-electron chi connectivity index (χ3n) is 2.04. The SMILES string of the molecule is COc1cc(C)ccc1-c1noc(N)n1. The standard InChI is InChI=1S/C10H11N3O2/c1-6-3-4-7(8(5-6)14-2)9-12-10(11)15-13-9/h3-5H,1-2H3,(H2,11,12,13). The Balaban J connectivity index is 2.52. The number of rotatable bonds is 2. The van der Waals surface area contributed by atoms with Crippen LogP contribution in [0.15, 0.2) is 22.7 Å². The summed E-state index contributed by atoms with van der Waals surface area (Å²) in [6.45, 7) is 1.98. The van der Waals surface area contributed by atoms with E-state index in [1.165, 1.54) is 0 Å². The van der Waals surface area contributed by atoms with E-state index in [2.05, 4.69) is 10.1 Å². The molecule has 1 aromatic heterocycles. The van der Waals surface area contributed by atoms with Gasteiger partial charge in [-0.25, -0.2) is 0 Å². The Morgan fingerprint density at radius 3 is 2.80 bits per heavy atom. The van der Waals surface area contributed by atoms with Gasteiger partial charge in [-0.2, -0.15) is 4.98 Å². The van der Waals surface area contributed by atoms with Crippen LogP contribution in [0.3, 0.4) is 0 Å². The van der Waals surface area contributed by atoms with Crippen molar-refractivity contribution in [3.63, 3.8) is 0 Å². The minimum atomic E-state index is 0.0487. The predicted molar refractivity (Wildman–Crippen MR) is 55.4 cm³/mol. The smallest absolute Gasteiger partial charge is 0.319 e. The highest BCUT2D eigenvalue weighted by atomic mass is 16.5. The van der Waals surface area contributed by atoms with E-state index >= 15 is 0 Å². The normalized spacial score (nSPS) is 10.3. The van der Waals surface area contributed by atoms with Gasteiger partial charge in [-0.05, 0) is 24.6 Å². The molecule has 0 saturated heterocycles. The third-order valence-corrected chi connectivity index (χ3v) is 2.04. The van der Waals surface area contributed by atoms with Gasteiger partial charge in [0.15, 0.2) is 0 Å². The topological polar surface area (TPSA) is 74.2 Å². The van der Waals surface area contributed by atoms with Crippen LogP contribution in [0.2, 0.25) is 0 Å². The molecule has 0 aliphatic carbocycles. The van der Waals surface area contributed by atoms with Gasteiger partial charge in [0.25, 0.3) is 0 Å². The quantitative estimate of drug-likeness (QED) is 0.806. The van der Waals surface area contributed by atoms with E-state index in [-0.39, 0.29) is 6.01 Å². The van der Waals surface area contributed by atoms with Crippen molar-refractivity contribution in [1.29, 1.82) is 0 Å². The molecule has 15 heavy (non-hydrogen) atoms. The minimum absolute atomic E-state index is 0.0487. The fraction of sp³-hybridized carbons (Fsp3) is 0.200. The summed E-state index contributed by atoms with van der Waals surface area (Å²) in [5.74, 6) is 1.14. The Hall–Kier alpha value is -2.04. The molecule has 0 amide bonds. The molecule has 0 fully saturated rings. The van der Waals surface area contributed by atoms with Gasteiger partial charge in [0.05, 0.1) is 12.7 Å². The average Bonchev–Trinajstić information content (AvgIpc) is 2.64. The number of ether oxygens (including phenoxy) is 1. The molecular formula is C10H11N3O2. The van der Waals surface area contributed by atoms with Crippen molar-refractivity contribution in [2.45, 2.75) is 6.92 Å². The molecule has 0 radical (unpaired) electrons. The summed E-state index contributed by atoms with van der Waals surface area (Å²) in [7, 11) is 1.60. The largest absolute Gasteiger partial charge is 0.496 e. The molecule has 2 rings (SSSR count). The number of nitrogen functional groups attached to an aromatic ring is 1. The van der Waals surface area contributed by atoms with Crippen LogP contribution in [0.5, 0.6) is 5.75 Å². The van der Waals surface area contributed by atoms with Crippen molar-refractivity contribution in [3.05, 3.63) is 23.8 Å². The molecule has 5 nitrogen and oxygen atoms in total. The summed E-state index contributed by atoms with van der Waals surface area (Å²) < 4.78 is 9.94. The number of anilines is 1. The van der Waals surface area contributed by atoms with Crippen LogP contribution >= 0.6 is 0 Å². The summed E-state index contributed by atoms with van der Waals surface area (Å²) in [5, 5.41) is 3.73. The van der Waals surface area contributed by atoms with Gasteiger partial charge >= 0.3 is 6.01 Å². The van der Waals surface area contributed by atoms with E-state index < -0.39 is 0 Å². The summed E-state index contributed by atoms with van der Waals surface area (Å²) in [6.07, 6.45) is 0. The van der Waals surface area contributed by atoms with Crippen LogP contribution in [-0.2, 0) is 0 Å². The summed E-state index contributed by atoms with van der Waals surface area (Å²) in [6, 6.07) is 5.78. The van der Waals surface area contributed by atoms with Gasteiger partial charge in [-0.3, -0.25) is 0 Å². The monoisotopic (exact) mass is 205 g/mol. The van der Waals surface area contributed by atoms with Gasteiger partial charge in [-0.1, -0.05) is 11.2 Å². The number of nitrogens with zero attached hydrogens (tertiary/aromatic N) is 2. The number of hydrogen-bond acceptors (Lipinski definition) is 5. The molecule has 0 spiro atoms. The molecule has 0 saturated carbocycles. The molecule has 5 heteroatoms. The Labute approximate surface area is 86.9 Å². The van der Waals surface area contributed by atoms with E-state index in [4.69, 9.17) is 15.0 Å². The van der Waals surface area contributed by atoms with Crippen molar-refractivity contribution in [2.75, 3.05) is 12.8 Å². The van der Waals surface area contributed by atoms with Gasteiger partial charge in [-0.15, -0.1) is 0 Å². The molecule has 0 unspecified atom stereocenters.